The smallest absolute Gasteiger partial charge is 0.0736 e. The third-order valence-electron chi connectivity index (χ3n) is 1.01. The van der Waals surface area contributed by atoms with Crippen molar-refractivity contribution in [3.05, 3.63) is 0 Å². The molecule has 0 spiro atoms. The fourth-order valence-corrected chi connectivity index (χ4v) is 4.57. The Morgan fingerprint density at radius 2 is 1.88 bits per heavy atom. The quantitative estimate of drug-likeness (QED) is 0.617. The maximum absolute atomic E-state index is 3.55. The Hall–Kier alpha value is 1.79. The number of thioether (sulfide) groups is 1. The molecule has 3 atom stereocenters. The topological polar surface area (TPSA) is 0 Å². The van der Waals surface area contributed by atoms with Gasteiger partial charge in [-0.05, 0) is 0 Å². The molecule has 0 aliphatic carbocycles. The number of hydrogen-bond donors (Lipinski definition) is 0. The predicted molar refractivity (Wildman–Crippen MR) is 50.6 cm³/mol. The second-order valence-electron chi connectivity index (χ2n) is 1.64. The summed E-state index contributed by atoms with van der Waals surface area (Å²) < 4.78 is 0.590. The van der Waals surface area contributed by atoms with Gasteiger partial charge in [0.1, 0.15) is 0 Å². The number of hydrogen-bond acceptors (Lipinski definition) is 1. The first kappa shape index (κ1) is 7.89. The highest BCUT2D eigenvalue weighted by atomic mass is 79.9. The van der Waals surface area contributed by atoms with Crippen LogP contribution in [0, 0.1) is 0 Å². The summed E-state index contributed by atoms with van der Waals surface area (Å²) in [5.74, 6) is 1.20. The molecule has 3 unspecified atom stereocenters. The fourth-order valence-electron chi connectivity index (χ4n) is 0.532. The van der Waals surface area contributed by atoms with E-state index in [1.54, 1.807) is 0 Å². The number of rotatable bonds is 0. The minimum absolute atomic E-state index is 0.590. The lowest BCUT2D eigenvalue weighted by Crippen LogP contribution is -2.13. The zero-order chi connectivity index (χ0) is 6.15. The summed E-state index contributed by atoms with van der Waals surface area (Å²) in [7, 11) is 0. The van der Waals surface area contributed by atoms with Crippen LogP contribution in [0.4, 0.5) is 0 Å². The van der Waals surface area contributed by atoms with E-state index < -0.39 is 0 Å². The summed E-state index contributed by atoms with van der Waals surface area (Å²) in [4.78, 5) is 1.23. The Morgan fingerprint density at radius 1 is 1.25 bits per heavy atom. The van der Waals surface area contributed by atoms with Crippen LogP contribution >= 0.6 is 59.6 Å². The molecule has 0 aromatic carbocycles. The van der Waals surface area contributed by atoms with Gasteiger partial charge in [0, 0.05) is 15.4 Å². The molecule has 1 heterocycles. The van der Waals surface area contributed by atoms with E-state index in [1.165, 1.54) is 5.75 Å². The number of halogens is 3. The molecule has 0 aromatic heterocycles. The van der Waals surface area contributed by atoms with Crippen LogP contribution in [0.2, 0.25) is 0 Å². The Morgan fingerprint density at radius 3 is 2.00 bits per heavy atom. The summed E-state index contributed by atoms with van der Waals surface area (Å²) >= 11 is 12.6. The maximum Gasteiger partial charge on any atom is 0.0736 e. The monoisotopic (exact) mass is 322 g/mol. The van der Waals surface area contributed by atoms with E-state index in [9.17, 15) is 0 Å². The van der Waals surface area contributed by atoms with Crippen molar-refractivity contribution >= 4 is 59.6 Å². The van der Waals surface area contributed by atoms with E-state index in [0.717, 1.165) is 0 Å². The zero-order valence-corrected chi connectivity index (χ0v) is 9.56. The van der Waals surface area contributed by atoms with E-state index in [2.05, 4.69) is 47.8 Å². The van der Waals surface area contributed by atoms with Crippen LogP contribution < -0.4 is 0 Å². The maximum atomic E-state index is 3.55. The third-order valence-corrected chi connectivity index (χ3v) is 7.79. The molecular weight excluding hydrogens is 320 g/mol. The molecule has 0 saturated carbocycles. The number of alkyl halides is 3. The molecule has 4 heteroatoms. The van der Waals surface area contributed by atoms with Gasteiger partial charge in [0.2, 0.25) is 0 Å². The van der Waals surface area contributed by atoms with Gasteiger partial charge in [-0.25, -0.2) is 0 Å². The van der Waals surface area contributed by atoms with Crippen molar-refractivity contribution in [3.63, 3.8) is 0 Å². The molecule has 0 amide bonds. The highest BCUT2D eigenvalue weighted by Gasteiger charge is 2.30. The highest BCUT2D eigenvalue weighted by molar-refractivity contribution is 9.14. The van der Waals surface area contributed by atoms with E-state index in [4.69, 9.17) is 0 Å². The van der Waals surface area contributed by atoms with Gasteiger partial charge in [-0.15, -0.1) is 11.8 Å². The van der Waals surface area contributed by atoms with E-state index >= 15 is 0 Å². The molecule has 48 valence electrons. The molecular formula is C4H5Br3S. The second kappa shape index (κ2) is 3.26. The first-order valence-electron chi connectivity index (χ1n) is 2.25. The Bertz CT molecular complexity index is 77.4. The zero-order valence-electron chi connectivity index (χ0n) is 3.98. The van der Waals surface area contributed by atoms with Crippen LogP contribution in [0.3, 0.4) is 0 Å². The lowest BCUT2D eigenvalue weighted by molar-refractivity contribution is 1.01. The summed E-state index contributed by atoms with van der Waals surface area (Å²) in [6.45, 7) is 0. The standard InChI is InChI=1S/C4H5Br3S/c5-2-1-8-4(7)3(2)6/h2-4H,1H2. The van der Waals surface area contributed by atoms with Crippen molar-refractivity contribution in [2.24, 2.45) is 0 Å². The predicted octanol–water partition coefficient (Wildman–Crippen LogP) is 2.98. The van der Waals surface area contributed by atoms with E-state index in [1.807, 2.05) is 11.8 Å². The van der Waals surface area contributed by atoms with E-state index in [-0.39, 0.29) is 0 Å². The first-order chi connectivity index (χ1) is 3.72. The lowest BCUT2D eigenvalue weighted by atomic mass is 10.4. The average molecular weight is 325 g/mol. The average Bonchev–Trinajstić information content (AvgIpc) is 1.98. The van der Waals surface area contributed by atoms with Crippen molar-refractivity contribution in [1.82, 2.24) is 0 Å². The molecule has 0 bridgehead atoms. The van der Waals surface area contributed by atoms with Gasteiger partial charge in [0.25, 0.3) is 0 Å². The van der Waals surface area contributed by atoms with Gasteiger partial charge in [0.15, 0.2) is 0 Å². The Kier molecular flexibility index (Phi) is 3.22. The Balaban J connectivity index is 2.44. The van der Waals surface area contributed by atoms with Crippen molar-refractivity contribution in [2.45, 2.75) is 13.8 Å². The Labute approximate surface area is 78.6 Å². The molecule has 1 aliphatic rings. The molecule has 1 fully saturated rings. The SMILES string of the molecule is BrC1CSC(Br)C1Br. The molecule has 0 radical (unpaired) electrons. The minimum Gasteiger partial charge on any atom is -0.145 e. The van der Waals surface area contributed by atoms with Gasteiger partial charge < -0.3 is 0 Å². The minimum atomic E-state index is 0.590. The highest BCUT2D eigenvalue weighted by Crippen LogP contribution is 2.39. The van der Waals surface area contributed by atoms with Crippen LogP contribution in [0.5, 0.6) is 0 Å². The van der Waals surface area contributed by atoms with Gasteiger partial charge in [-0.1, -0.05) is 47.8 Å². The summed E-state index contributed by atoms with van der Waals surface area (Å²) in [5.41, 5.74) is 0. The van der Waals surface area contributed by atoms with Gasteiger partial charge in [-0.3, -0.25) is 0 Å². The van der Waals surface area contributed by atoms with Crippen molar-refractivity contribution < 1.29 is 0 Å². The largest absolute Gasteiger partial charge is 0.145 e. The molecule has 0 nitrogen and oxygen atoms in total. The molecule has 1 rings (SSSR count). The van der Waals surface area contributed by atoms with Crippen LogP contribution in [0.1, 0.15) is 0 Å². The summed E-state index contributed by atoms with van der Waals surface area (Å²) in [5, 5.41) is 0. The molecule has 1 saturated heterocycles. The summed E-state index contributed by atoms with van der Waals surface area (Å²) in [6.07, 6.45) is 0. The molecule has 0 N–H and O–H groups in total. The lowest BCUT2D eigenvalue weighted by Gasteiger charge is -2.05. The second-order valence-corrected chi connectivity index (χ2v) is 6.65. The van der Waals surface area contributed by atoms with Crippen LogP contribution in [0.15, 0.2) is 0 Å². The van der Waals surface area contributed by atoms with Gasteiger partial charge >= 0.3 is 0 Å². The molecule has 8 heavy (non-hydrogen) atoms. The molecule has 0 aromatic rings. The normalized spacial score (nSPS) is 47.6. The van der Waals surface area contributed by atoms with E-state index in [0.29, 0.717) is 13.8 Å². The van der Waals surface area contributed by atoms with Crippen molar-refractivity contribution in [2.75, 3.05) is 5.75 Å². The third kappa shape index (κ3) is 1.64. The van der Waals surface area contributed by atoms with Crippen LogP contribution in [-0.4, -0.2) is 19.6 Å². The van der Waals surface area contributed by atoms with Crippen molar-refractivity contribution in [1.29, 1.82) is 0 Å². The summed E-state index contributed by atoms with van der Waals surface area (Å²) in [6, 6.07) is 0. The van der Waals surface area contributed by atoms with Gasteiger partial charge in [0.05, 0.1) is 4.16 Å². The molecule has 1 aliphatic heterocycles. The van der Waals surface area contributed by atoms with Crippen LogP contribution in [0.25, 0.3) is 0 Å². The fraction of sp³-hybridized carbons (Fsp3) is 1.00. The van der Waals surface area contributed by atoms with Crippen molar-refractivity contribution in [3.8, 4) is 0 Å². The first-order valence-corrected chi connectivity index (χ1v) is 6.05. The van der Waals surface area contributed by atoms with Gasteiger partial charge in [-0.2, -0.15) is 0 Å². The van der Waals surface area contributed by atoms with Crippen LogP contribution in [-0.2, 0) is 0 Å².